The molecule has 1 amide bonds. The van der Waals surface area contributed by atoms with E-state index in [-0.39, 0.29) is 5.75 Å². The van der Waals surface area contributed by atoms with E-state index in [0.29, 0.717) is 11.4 Å². The molecule has 0 fully saturated rings. The van der Waals surface area contributed by atoms with Crippen LogP contribution in [0.5, 0.6) is 5.75 Å². The summed E-state index contributed by atoms with van der Waals surface area (Å²) in [5.74, 6) is -0.144. The zero-order valence-corrected chi connectivity index (χ0v) is 16.2. The van der Waals surface area contributed by atoms with E-state index in [1.54, 1.807) is 25.1 Å². The Kier molecular flexibility index (Phi) is 7.09. The lowest BCUT2D eigenvalue weighted by Crippen LogP contribution is -2.30. The van der Waals surface area contributed by atoms with Crippen molar-refractivity contribution in [3.8, 4) is 5.75 Å². The molecule has 0 aliphatic heterocycles. The number of aryl methyl sites for hydroxylation is 2. The number of hydrogen-bond acceptors (Lipinski definition) is 5. The first-order valence-electron chi connectivity index (χ1n) is 8.24. The highest BCUT2D eigenvalue weighted by Crippen LogP contribution is 2.24. The first-order chi connectivity index (χ1) is 12.4. The number of carbonyl (C=O) groups excluding carboxylic acids is 2. The van der Waals surface area contributed by atoms with Gasteiger partial charge in [-0.05, 0) is 56.2 Å². The van der Waals surface area contributed by atoms with Crippen LogP contribution in [-0.4, -0.2) is 30.8 Å². The van der Waals surface area contributed by atoms with Gasteiger partial charge in [0.2, 0.25) is 0 Å². The van der Waals surface area contributed by atoms with E-state index < -0.39 is 18.0 Å². The topological polar surface area (TPSA) is 64.6 Å². The molecular formula is C20H23NO4S. The number of esters is 1. The number of methoxy groups -OCH3 is 1. The second kappa shape index (κ2) is 9.29. The number of rotatable bonds is 7. The number of hydrogen-bond donors (Lipinski definition) is 1. The van der Waals surface area contributed by atoms with Crippen molar-refractivity contribution in [2.45, 2.75) is 31.8 Å². The predicted octanol–water partition coefficient (Wildman–Crippen LogP) is 3.97. The van der Waals surface area contributed by atoms with Crippen LogP contribution in [-0.2, 0) is 14.3 Å². The molecule has 26 heavy (non-hydrogen) atoms. The van der Waals surface area contributed by atoms with Gasteiger partial charge in [-0.15, -0.1) is 11.8 Å². The van der Waals surface area contributed by atoms with E-state index in [1.165, 1.54) is 30.0 Å². The van der Waals surface area contributed by atoms with Crippen LogP contribution >= 0.6 is 11.8 Å². The number of para-hydroxylation sites is 2. The molecule has 2 rings (SSSR count). The molecule has 1 atom stereocenters. The minimum Gasteiger partial charge on any atom is -0.495 e. The van der Waals surface area contributed by atoms with Crippen LogP contribution in [0.4, 0.5) is 5.69 Å². The number of thioether (sulfide) groups is 1. The lowest BCUT2D eigenvalue weighted by Gasteiger charge is -2.15. The van der Waals surface area contributed by atoms with Crippen molar-refractivity contribution in [1.82, 2.24) is 0 Å². The molecule has 6 heteroatoms. The summed E-state index contributed by atoms with van der Waals surface area (Å²) in [5.41, 5.74) is 2.92. The monoisotopic (exact) mass is 373 g/mol. The Labute approximate surface area is 158 Å². The van der Waals surface area contributed by atoms with Crippen LogP contribution in [0.15, 0.2) is 47.4 Å². The number of nitrogens with one attached hydrogen (secondary N) is 1. The van der Waals surface area contributed by atoms with Gasteiger partial charge in [-0.25, -0.2) is 0 Å². The van der Waals surface area contributed by atoms with Crippen LogP contribution in [0.25, 0.3) is 0 Å². The molecule has 138 valence electrons. The molecule has 0 heterocycles. The Balaban J connectivity index is 1.85. The van der Waals surface area contributed by atoms with Gasteiger partial charge in [0, 0.05) is 4.90 Å². The third-order valence-electron chi connectivity index (χ3n) is 3.88. The molecule has 0 saturated carbocycles. The highest BCUT2D eigenvalue weighted by atomic mass is 32.2. The molecule has 0 unspecified atom stereocenters. The lowest BCUT2D eigenvalue weighted by atomic mass is 10.1. The number of amides is 1. The standard InChI is InChI=1S/C20H23NO4S/c1-13-9-10-16(11-14(13)2)26-12-19(22)25-15(3)20(23)21-17-7-5-6-8-18(17)24-4/h5-11,15H,12H2,1-4H3,(H,21,23)/t15-/m0/s1. The zero-order chi connectivity index (χ0) is 19.1. The summed E-state index contributed by atoms with van der Waals surface area (Å²) in [5, 5.41) is 2.71. The maximum absolute atomic E-state index is 12.2. The van der Waals surface area contributed by atoms with Gasteiger partial charge < -0.3 is 14.8 Å². The molecule has 1 N–H and O–H groups in total. The number of benzene rings is 2. The van der Waals surface area contributed by atoms with Crippen LogP contribution in [0.2, 0.25) is 0 Å². The van der Waals surface area contributed by atoms with Gasteiger partial charge in [-0.1, -0.05) is 18.2 Å². The maximum Gasteiger partial charge on any atom is 0.317 e. The van der Waals surface area contributed by atoms with Gasteiger partial charge in [0.1, 0.15) is 5.75 Å². The molecule has 2 aromatic rings. The highest BCUT2D eigenvalue weighted by molar-refractivity contribution is 8.00. The molecule has 0 aliphatic rings. The smallest absolute Gasteiger partial charge is 0.317 e. The van der Waals surface area contributed by atoms with E-state index >= 15 is 0 Å². The van der Waals surface area contributed by atoms with E-state index in [2.05, 4.69) is 5.32 Å². The second-order valence-electron chi connectivity index (χ2n) is 5.86. The van der Waals surface area contributed by atoms with Crippen LogP contribution in [0.3, 0.4) is 0 Å². The molecule has 0 saturated heterocycles. The van der Waals surface area contributed by atoms with Gasteiger partial charge in [-0.3, -0.25) is 9.59 Å². The summed E-state index contributed by atoms with van der Waals surface area (Å²) in [6.45, 7) is 5.62. The zero-order valence-electron chi connectivity index (χ0n) is 15.4. The summed E-state index contributed by atoms with van der Waals surface area (Å²) in [6.07, 6.45) is -0.896. The number of anilines is 1. The Hall–Kier alpha value is -2.47. The fraction of sp³-hybridized carbons (Fsp3) is 0.300. The lowest BCUT2D eigenvalue weighted by molar-refractivity contribution is -0.150. The van der Waals surface area contributed by atoms with Gasteiger partial charge in [-0.2, -0.15) is 0 Å². The van der Waals surface area contributed by atoms with Gasteiger partial charge in [0.05, 0.1) is 18.6 Å². The molecule has 2 aromatic carbocycles. The Morgan fingerprint density at radius 2 is 1.85 bits per heavy atom. The Morgan fingerprint density at radius 1 is 1.12 bits per heavy atom. The summed E-state index contributed by atoms with van der Waals surface area (Å²) >= 11 is 1.39. The third kappa shape index (κ3) is 5.52. The first kappa shape index (κ1) is 19.8. The molecule has 0 bridgehead atoms. The molecule has 0 aliphatic carbocycles. The number of ether oxygens (including phenoxy) is 2. The summed E-state index contributed by atoms with van der Waals surface area (Å²) < 4.78 is 10.4. The normalized spacial score (nSPS) is 11.5. The maximum atomic E-state index is 12.2. The molecule has 0 aromatic heterocycles. The van der Waals surface area contributed by atoms with Gasteiger partial charge in [0.25, 0.3) is 5.91 Å². The van der Waals surface area contributed by atoms with Crippen LogP contribution < -0.4 is 10.1 Å². The SMILES string of the molecule is COc1ccccc1NC(=O)[C@H](C)OC(=O)CSc1ccc(C)c(C)c1. The van der Waals surface area contributed by atoms with Gasteiger partial charge >= 0.3 is 5.97 Å². The first-order valence-corrected chi connectivity index (χ1v) is 9.22. The second-order valence-corrected chi connectivity index (χ2v) is 6.91. The summed E-state index contributed by atoms with van der Waals surface area (Å²) in [7, 11) is 1.53. The van der Waals surface area contributed by atoms with Crippen molar-refractivity contribution >= 4 is 29.3 Å². The van der Waals surface area contributed by atoms with Crippen LogP contribution in [0, 0.1) is 13.8 Å². The van der Waals surface area contributed by atoms with Crippen molar-refractivity contribution in [2.24, 2.45) is 0 Å². The van der Waals surface area contributed by atoms with Crippen LogP contribution in [0.1, 0.15) is 18.1 Å². The fourth-order valence-corrected chi connectivity index (χ4v) is 2.99. The average Bonchev–Trinajstić information content (AvgIpc) is 2.63. The van der Waals surface area contributed by atoms with E-state index in [0.717, 1.165) is 4.90 Å². The Morgan fingerprint density at radius 3 is 2.54 bits per heavy atom. The summed E-state index contributed by atoms with van der Waals surface area (Å²) in [6, 6.07) is 13.1. The quantitative estimate of drug-likeness (QED) is 0.588. The minimum atomic E-state index is -0.896. The average molecular weight is 373 g/mol. The fourth-order valence-electron chi connectivity index (χ4n) is 2.21. The third-order valence-corrected chi connectivity index (χ3v) is 4.84. The van der Waals surface area contributed by atoms with Crippen molar-refractivity contribution < 1.29 is 19.1 Å². The molecular weight excluding hydrogens is 350 g/mol. The Bertz CT molecular complexity index is 791. The van der Waals surface area contributed by atoms with Crippen molar-refractivity contribution in [2.75, 3.05) is 18.2 Å². The molecule has 0 spiro atoms. The molecule has 0 radical (unpaired) electrons. The van der Waals surface area contributed by atoms with Crippen molar-refractivity contribution in [3.05, 3.63) is 53.6 Å². The number of carbonyl (C=O) groups is 2. The predicted molar refractivity (Wildman–Crippen MR) is 104 cm³/mol. The van der Waals surface area contributed by atoms with E-state index in [4.69, 9.17) is 9.47 Å². The largest absolute Gasteiger partial charge is 0.495 e. The van der Waals surface area contributed by atoms with Crippen molar-refractivity contribution in [1.29, 1.82) is 0 Å². The highest BCUT2D eigenvalue weighted by Gasteiger charge is 2.19. The molecule has 5 nitrogen and oxygen atoms in total. The van der Waals surface area contributed by atoms with E-state index in [1.807, 2.05) is 38.1 Å². The van der Waals surface area contributed by atoms with Gasteiger partial charge in [0.15, 0.2) is 6.10 Å². The van der Waals surface area contributed by atoms with E-state index in [9.17, 15) is 9.59 Å². The summed E-state index contributed by atoms with van der Waals surface area (Å²) in [4.78, 5) is 25.2. The minimum absolute atomic E-state index is 0.148. The van der Waals surface area contributed by atoms with Crippen molar-refractivity contribution in [3.63, 3.8) is 0 Å².